The molecule has 1 N–H and O–H groups in total. The van der Waals surface area contributed by atoms with Gasteiger partial charge in [0.05, 0.1) is 0 Å². The Bertz CT molecular complexity index is 467. The smallest absolute Gasteiger partial charge is 0.0408 e. The van der Waals surface area contributed by atoms with E-state index in [4.69, 9.17) is 11.6 Å². The van der Waals surface area contributed by atoms with E-state index in [1.54, 1.807) is 11.3 Å². The molecule has 0 bridgehead atoms. The first-order chi connectivity index (χ1) is 8.78. The van der Waals surface area contributed by atoms with Crippen molar-refractivity contribution in [3.8, 4) is 0 Å². The van der Waals surface area contributed by atoms with E-state index in [1.165, 1.54) is 11.1 Å². The van der Waals surface area contributed by atoms with Crippen LogP contribution in [0.5, 0.6) is 0 Å². The van der Waals surface area contributed by atoms with Crippen LogP contribution in [0.25, 0.3) is 0 Å². The lowest BCUT2D eigenvalue weighted by molar-refractivity contribution is 0.522. The first-order valence-electron chi connectivity index (χ1n) is 6.27. The third-order valence-corrected chi connectivity index (χ3v) is 3.89. The van der Waals surface area contributed by atoms with Crippen molar-refractivity contribution in [2.24, 2.45) is 0 Å². The van der Waals surface area contributed by atoms with Crippen molar-refractivity contribution >= 4 is 22.9 Å². The van der Waals surface area contributed by atoms with Crippen molar-refractivity contribution < 1.29 is 0 Å². The molecule has 1 nitrogen and oxygen atoms in total. The normalized spacial score (nSPS) is 12.6. The summed E-state index contributed by atoms with van der Waals surface area (Å²) in [7, 11) is 0. The summed E-state index contributed by atoms with van der Waals surface area (Å²) in [5.74, 6) is 0. The van der Waals surface area contributed by atoms with Gasteiger partial charge in [0.1, 0.15) is 0 Å². The lowest BCUT2D eigenvalue weighted by Crippen LogP contribution is -2.32. The highest BCUT2D eigenvalue weighted by Gasteiger charge is 2.10. The molecule has 0 aliphatic carbocycles. The van der Waals surface area contributed by atoms with Crippen LogP contribution in [-0.4, -0.2) is 12.6 Å². The number of rotatable bonds is 6. The Kier molecular flexibility index (Phi) is 5.24. The van der Waals surface area contributed by atoms with Crippen molar-refractivity contribution in [2.45, 2.75) is 25.8 Å². The summed E-state index contributed by atoms with van der Waals surface area (Å²) in [6.45, 7) is 3.15. The third kappa shape index (κ3) is 4.13. The molecule has 0 saturated heterocycles. The van der Waals surface area contributed by atoms with Crippen molar-refractivity contribution in [1.82, 2.24) is 5.32 Å². The predicted molar refractivity (Wildman–Crippen MR) is 80.6 cm³/mol. The second kappa shape index (κ2) is 6.93. The lowest BCUT2D eigenvalue weighted by atomic mass is 10.0. The van der Waals surface area contributed by atoms with Crippen molar-refractivity contribution in [2.75, 3.05) is 6.54 Å². The van der Waals surface area contributed by atoms with Crippen LogP contribution < -0.4 is 5.32 Å². The largest absolute Gasteiger partial charge is 0.314 e. The molecule has 0 aliphatic rings. The van der Waals surface area contributed by atoms with Gasteiger partial charge in [0.2, 0.25) is 0 Å². The average molecular weight is 280 g/mol. The molecular formula is C15H18ClNS. The summed E-state index contributed by atoms with van der Waals surface area (Å²) in [5, 5.41) is 8.73. The Morgan fingerprint density at radius 3 is 2.72 bits per heavy atom. The Labute approximate surface area is 118 Å². The molecule has 0 aliphatic heterocycles. The molecule has 0 amide bonds. The van der Waals surface area contributed by atoms with E-state index in [2.05, 4.69) is 41.2 Å². The van der Waals surface area contributed by atoms with Crippen LogP contribution in [0, 0.1) is 0 Å². The number of benzene rings is 1. The highest BCUT2D eigenvalue weighted by Crippen LogP contribution is 2.15. The van der Waals surface area contributed by atoms with Gasteiger partial charge in [-0.05, 0) is 59.5 Å². The molecule has 18 heavy (non-hydrogen) atoms. The lowest BCUT2D eigenvalue weighted by Gasteiger charge is -2.17. The van der Waals surface area contributed by atoms with E-state index in [9.17, 15) is 0 Å². The summed E-state index contributed by atoms with van der Waals surface area (Å²) < 4.78 is 0. The SMILES string of the molecule is CCNC(Cc1ccsc1)Cc1cccc(Cl)c1. The molecule has 0 radical (unpaired) electrons. The second-order valence-corrected chi connectivity index (χ2v) is 5.64. The Balaban J connectivity index is 2.01. The summed E-state index contributed by atoms with van der Waals surface area (Å²) in [6.07, 6.45) is 2.09. The highest BCUT2D eigenvalue weighted by molar-refractivity contribution is 7.07. The van der Waals surface area contributed by atoms with Crippen LogP contribution in [0.1, 0.15) is 18.1 Å². The first-order valence-corrected chi connectivity index (χ1v) is 7.59. The van der Waals surface area contributed by atoms with Gasteiger partial charge in [0, 0.05) is 11.1 Å². The van der Waals surface area contributed by atoms with Crippen LogP contribution in [0.2, 0.25) is 5.02 Å². The summed E-state index contributed by atoms with van der Waals surface area (Å²) in [5.41, 5.74) is 2.71. The fraction of sp³-hybridized carbons (Fsp3) is 0.333. The van der Waals surface area contributed by atoms with Crippen molar-refractivity contribution in [1.29, 1.82) is 0 Å². The van der Waals surface area contributed by atoms with Gasteiger partial charge in [-0.3, -0.25) is 0 Å². The van der Waals surface area contributed by atoms with E-state index >= 15 is 0 Å². The van der Waals surface area contributed by atoms with E-state index < -0.39 is 0 Å². The zero-order valence-electron chi connectivity index (χ0n) is 10.5. The summed E-state index contributed by atoms with van der Waals surface area (Å²) in [4.78, 5) is 0. The van der Waals surface area contributed by atoms with Gasteiger partial charge in [-0.1, -0.05) is 30.7 Å². The van der Waals surface area contributed by atoms with Gasteiger partial charge in [-0.15, -0.1) is 0 Å². The molecule has 2 rings (SSSR count). The minimum Gasteiger partial charge on any atom is -0.314 e. The average Bonchev–Trinajstić information content (AvgIpc) is 2.82. The summed E-state index contributed by atoms with van der Waals surface area (Å²) in [6, 6.07) is 10.8. The van der Waals surface area contributed by atoms with E-state index in [-0.39, 0.29) is 0 Å². The number of halogens is 1. The fourth-order valence-corrected chi connectivity index (χ4v) is 3.04. The zero-order valence-corrected chi connectivity index (χ0v) is 12.1. The summed E-state index contributed by atoms with van der Waals surface area (Å²) >= 11 is 7.79. The molecule has 0 spiro atoms. The fourth-order valence-electron chi connectivity index (χ4n) is 2.15. The number of nitrogens with one attached hydrogen (secondary N) is 1. The number of thiophene rings is 1. The maximum atomic E-state index is 6.03. The molecule has 2 aromatic rings. The molecule has 1 heterocycles. The Hall–Kier alpha value is -0.830. The molecule has 0 fully saturated rings. The Morgan fingerprint density at radius 1 is 1.22 bits per heavy atom. The zero-order chi connectivity index (χ0) is 12.8. The van der Waals surface area contributed by atoms with Gasteiger partial charge in [-0.25, -0.2) is 0 Å². The molecule has 1 aromatic carbocycles. The standard InChI is InChI=1S/C15H18ClNS/c1-2-17-15(10-13-6-7-18-11-13)9-12-4-3-5-14(16)8-12/h3-8,11,15,17H,2,9-10H2,1H3. The quantitative estimate of drug-likeness (QED) is 0.837. The molecule has 1 atom stereocenters. The number of likely N-dealkylation sites (N-methyl/N-ethyl adjacent to an activating group) is 1. The molecular weight excluding hydrogens is 262 g/mol. The molecule has 3 heteroatoms. The monoisotopic (exact) mass is 279 g/mol. The van der Waals surface area contributed by atoms with Gasteiger partial charge < -0.3 is 5.32 Å². The maximum absolute atomic E-state index is 6.03. The van der Waals surface area contributed by atoms with Gasteiger partial charge in [0.15, 0.2) is 0 Å². The highest BCUT2D eigenvalue weighted by atomic mass is 35.5. The molecule has 96 valence electrons. The van der Waals surface area contributed by atoms with Gasteiger partial charge in [-0.2, -0.15) is 11.3 Å². The molecule has 0 saturated carbocycles. The van der Waals surface area contributed by atoms with Gasteiger partial charge in [0.25, 0.3) is 0 Å². The first kappa shape index (κ1) is 13.6. The van der Waals surface area contributed by atoms with Crippen LogP contribution in [0.15, 0.2) is 41.1 Å². The topological polar surface area (TPSA) is 12.0 Å². The molecule has 1 aromatic heterocycles. The van der Waals surface area contributed by atoms with Gasteiger partial charge >= 0.3 is 0 Å². The number of hydrogen-bond donors (Lipinski definition) is 1. The Morgan fingerprint density at radius 2 is 2.06 bits per heavy atom. The minimum absolute atomic E-state index is 0.475. The number of hydrogen-bond acceptors (Lipinski definition) is 2. The predicted octanol–water partition coefficient (Wildman–Crippen LogP) is 4.16. The minimum atomic E-state index is 0.475. The van der Waals surface area contributed by atoms with Crippen LogP contribution in [0.4, 0.5) is 0 Å². The van der Waals surface area contributed by atoms with Crippen LogP contribution in [0.3, 0.4) is 0 Å². The second-order valence-electron chi connectivity index (χ2n) is 4.42. The van der Waals surface area contributed by atoms with E-state index in [1.807, 2.05) is 12.1 Å². The van der Waals surface area contributed by atoms with Crippen molar-refractivity contribution in [3.63, 3.8) is 0 Å². The third-order valence-electron chi connectivity index (χ3n) is 2.93. The molecule has 1 unspecified atom stereocenters. The van der Waals surface area contributed by atoms with E-state index in [0.717, 1.165) is 24.4 Å². The van der Waals surface area contributed by atoms with Crippen molar-refractivity contribution in [3.05, 3.63) is 57.2 Å². The van der Waals surface area contributed by atoms with E-state index in [0.29, 0.717) is 6.04 Å². The maximum Gasteiger partial charge on any atom is 0.0408 e. The van der Waals surface area contributed by atoms with Crippen LogP contribution in [-0.2, 0) is 12.8 Å². The van der Waals surface area contributed by atoms with Crippen LogP contribution >= 0.6 is 22.9 Å².